The van der Waals surface area contributed by atoms with E-state index in [2.05, 4.69) is 10.1 Å². The van der Waals surface area contributed by atoms with Gasteiger partial charge in [0.2, 0.25) is 0 Å². The lowest BCUT2D eigenvalue weighted by Gasteiger charge is -2.18. The zero-order chi connectivity index (χ0) is 14.8. The van der Waals surface area contributed by atoms with Gasteiger partial charge in [0, 0.05) is 10.4 Å². The molecule has 104 valence electrons. The molecule has 0 fully saturated rings. The van der Waals surface area contributed by atoms with E-state index in [4.69, 9.17) is 11.6 Å². The van der Waals surface area contributed by atoms with Crippen molar-refractivity contribution >= 4 is 29.2 Å². The third-order valence-electron chi connectivity index (χ3n) is 2.75. The van der Waals surface area contributed by atoms with Crippen molar-refractivity contribution in [2.24, 2.45) is 5.41 Å². The second-order valence-corrected chi connectivity index (χ2v) is 5.94. The van der Waals surface area contributed by atoms with Crippen LogP contribution >= 0.6 is 11.6 Å². The average molecular weight is 290 g/mol. The lowest BCUT2D eigenvalue weighted by Crippen LogP contribution is -2.24. The Morgan fingerprint density at radius 3 is 2.40 bits per heavy atom. The van der Waals surface area contributed by atoms with Gasteiger partial charge in [0.1, 0.15) is 18.4 Å². The minimum absolute atomic E-state index is 0.00190. The normalized spacial score (nSPS) is 12.5. The van der Waals surface area contributed by atoms with Gasteiger partial charge in [-0.25, -0.2) is 9.67 Å². The first-order chi connectivity index (χ1) is 9.38. The first kappa shape index (κ1) is 14.5. The summed E-state index contributed by atoms with van der Waals surface area (Å²) in [4.78, 5) is 16.5. The minimum atomic E-state index is -0.496. The van der Waals surface area contributed by atoms with Crippen LogP contribution in [0.5, 0.6) is 0 Å². The second-order valence-electron chi connectivity index (χ2n) is 5.50. The van der Waals surface area contributed by atoms with Crippen molar-refractivity contribution < 1.29 is 4.79 Å². The van der Waals surface area contributed by atoms with Crippen LogP contribution in [-0.4, -0.2) is 20.5 Å². The third-order valence-corrected chi connectivity index (χ3v) is 3.00. The molecule has 0 unspecified atom stereocenters. The number of hydrogen-bond donors (Lipinski definition) is 0. The number of benzene rings is 1. The van der Waals surface area contributed by atoms with E-state index in [9.17, 15) is 4.79 Å². The molecule has 0 aliphatic rings. The fraction of sp³-hybridized carbons (Fsp3) is 0.267. The molecule has 1 heterocycles. The maximum Gasteiger partial charge on any atom is 0.186 e. The number of aromatic nitrogens is 3. The van der Waals surface area contributed by atoms with Crippen molar-refractivity contribution in [3.05, 3.63) is 47.5 Å². The summed E-state index contributed by atoms with van der Waals surface area (Å²) < 4.78 is 1.49. The molecule has 0 atom stereocenters. The predicted octanol–water partition coefficient (Wildman–Crippen LogP) is 3.54. The maximum absolute atomic E-state index is 12.6. The molecule has 0 aliphatic carbocycles. The highest BCUT2D eigenvalue weighted by atomic mass is 35.5. The van der Waals surface area contributed by atoms with E-state index in [0.717, 1.165) is 5.56 Å². The molecule has 4 nitrogen and oxygen atoms in total. The first-order valence-corrected chi connectivity index (χ1v) is 6.63. The molecule has 0 radical (unpaired) electrons. The van der Waals surface area contributed by atoms with Crippen LogP contribution in [0.25, 0.3) is 11.8 Å². The van der Waals surface area contributed by atoms with Gasteiger partial charge in [0.05, 0.1) is 0 Å². The first-order valence-electron chi connectivity index (χ1n) is 6.25. The van der Waals surface area contributed by atoms with Crippen molar-refractivity contribution in [1.29, 1.82) is 0 Å². The summed E-state index contributed by atoms with van der Waals surface area (Å²) in [5, 5.41) is 4.71. The SMILES string of the molecule is CC(C)(C)C(=O)/C(=C\c1ccc(Cl)cc1)n1cncn1. The highest BCUT2D eigenvalue weighted by Gasteiger charge is 2.26. The van der Waals surface area contributed by atoms with E-state index in [1.807, 2.05) is 32.9 Å². The van der Waals surface area contributed by atoms with Crippen LogP contribution in [0.15, 0.2) is 36.9 Å². The monoisotopic (exact) mass is 289 g/mol. The number of rotatable bonds is 3. The minimum Gasteiger partial charge on any atom is -0.292 e. The molecule has 0 spiro atoms. The zero-order valence-corrected chi connectivity index (χ0v) is 12.4. The fourth-order valence-corrected chi connectivity index (χ4v) is 1.80. The van der Waals surface area contributed by atoms with E-state index < -0.39 is 5.41 Å². The van der Waals surface area contributed by atoms with Crippen molar-refractivity contribution in [3.63, 3.8) is 0 Å². The summed E-state index contributed by atoms with van der Waals surface area (Å²) in [5.74, 6) is -0.00190. The predicted molar refractivity (Wildman–Crippen MR) is 80.1 cm³/mol. The van der Waals surface area contributed by atoms with Crippen molar-refractivity contribution in [1.82, 2.24) is 14.8 Å². The summed E-state index contributed by atoms with van der Waals surface area (Å²) in [5.41, 5.74) is 0.874. The van der Waals surface area contributed by atoms with Gasteiger partial charge in [-0.05, 0) is 23.8 Å². The number of allylic oxidation sites excluding steroid dienone is 1. The van der Waals surface area contributed by atoms with Crippen molar-refractivity contribution in [2.75, 3.05) is 0 Å². The summed E-state index contributed by atoms with van der Waals surface area (Å²) in [7, 11) is 0. The Morgan fingerprint density at radius 2 is 1.90 bits per heavy atom. The molecular formula is C15H16ClN3O. The van der Waals surface area contributed by atoms with E-state index >= 15 is 0 Å². The van der Waals surface area contributed by atoms with Crippen LogP contribution in [0.3, 0.4) is 0 Å². The van der Waals surface area contributed by atoms with Crippen molar-refractivity contribution in [2.45, 2.75) is 20.8 Å². The summed E-state index contributed by atoms with van der Waals surface area (Å²) in [6.45, 7) is 5.63. The van der Waals surface area contributed by atoms with Gasteiger partial charge in [0.15, 0.2) is 5.78 Å². The van der Waals surface area contributed by atoms with Crippen LogP contribution in [0.2, 0.25) is 5.02 Å². The standard InChI is InChI=1S/C15H16ClN3O/c1-15(2,3)14(20)13(19-10-17-9-18-19)8-11-4-6-12(16)7-5-11/h4-10H,1-3H3/b13-8+. The molecule has 1 aromatic carbocycles. The van der Waals surface area contributed by atoms with Gasteiger partial charge in [-0.3, -0.25) is 4.79 Å². The smallest absolute Gasteiger partial charge is 0.186 e. The topological polar surface area (TPSA) is 47.8 Å². The lowest BCUT2D eigenvalue weighted by atomic mass is 9.88. The Labute approximate surface area is 123 Å². The molecule has 5 heteroatoms. The number of Topliss-reactive ketones (excluding diaryl/α,β-unsaturated/α-hetero) is 1. The highest BCUT2D eigenvalue weighted by molar-refractivity contribution is 6.30. The average Bonchev–Trinajstić information content (AvgIpc) is 2.90. The van der Waals surface area contributed by atoms with E-state index in [1.165, 1.54) is 17.3 Å². The fourth-order valence-electron chi connectivity index (χ4n) is 1.67. The van der Waals surface area contributed by atoms with Crippen LogP contribution in [0.4, 0.5) is 0 Å². The summed E-state index contributed by atoms with van der Waals surface area (Å²) >= 11 is 5.87. The van der Waals surface area contributed by atoms with Crippen molar-refractivity contribution in [3.8, 4) is 0 Å². The van der Waals surface area contributed by atoms with Gasteiger partial charge >= 0.3 is 0 Å². The van der Waals surface area contributed by atoms with E-state index in [1.54, 1.807) is 18.2 Å². The quantitative estimate of drug-likeness (QED) is 0.812. The van der Waals surface area contributed by atoms with E-state index in [0.29, 0.717) is 10.7 Å². The molecule has 2 aromatic rings. The van der Waals surface area contributed by atoms with Gasteiger partial charge in [-0.1, -0.05) is 44.5 Å². The van der Waals surface area contributed by atoms with E-state index in [-0.39, 0.29) is 5.78 Å². The Hall–Kier alpha value is -1.94. The highest BCUT2D eigenvalue weighted by Crippen LogP contribution is 2.24. The van der Waals surface area contributed by atoms with Crippen LogP contribution in [0.1, 0.15) is 26.3 Å². The summed E-state index contributed by atoms with van der Waals surface area (Å²) in [6.07, 6.45) is 4.72. The molecule has 0 saturated heterocycles. The summed E-state index contributed by atoms with van der Waals surface area (Å²) in [6, 6.07) is 7.28. The number of carbonyl (C=O) groups is 1. The zero-order valence-electron chi connectivity index (χ0n) is 11.7. The van der Waals surface area contributed by atoms with Crippen LogP contribution < -0.4 is 0 Å². The second kappa shape index (κ2) is 5.59. The molecule has 0 saturated carbocycles. The number of hydrogen-bond acceptors (Lipinski definition) is 3. The lowest BCUT2D eigenvalue weighted by molar-refractivity contribution is -0.120. The van der Waals surface area contributed by atoms with Gasteiger partial charge in [-0.2, -0.15) is 5.10 Å². The maximum atomic E-state index is 12.6. The largest absolute Gasteiger partial charge is 0.292 e. The molecular weight excluding hydrogens is 274 g/mol. The molecule has 0 amide bonds. The number of carbonyl (C=O) groups excluding carboxylic acids is 1. The Bertz CT molecular complexity index is 622. The van der Waals surface area contributed by atoms with Gasteiger partial charge in [0.25, 0.3) is 0 Å². The number of nitrogens with zero attached hydrogens (tertiary/aromatic N) is 3. The third kappa shape index (κ3) is 3.33. The molecule has 0 bridgehead atoms. The Kier molecular flexibility index (Phi) is 4.04. The Morgan fingerprint density at radius 1 is 1.25 bits per heavy atom. The number of halogens is 1. The number of ketones is 1. The molecule has 0 aliphatic heterocycles. The van der Waals surface area contributed by atoms with Gasteiger partial charge < -0.3 is 0 Å². The molecule has 2 rings (SSSR count). The Balaban J connectivity index is 2.47. The molecule has 20 heavy (non-hydrogen) atoms. The van der Waals surface area contributed by atoms with Gasteiger partial charge in [-0.15, -0.1) is 0 Å². The van der Waals surface area contributed by atoms with Crippen LogP contribution in [0, 0.1) is 5.41 Å². The molecule has 1 aromatic heterocycles. The molecule has 0 N–H and O–H groups in total. The van der Waals surface area contributed by atoms with Crippen LogP contribution in [-0.2, 0) is 4.79 Å².